The number of anilines is 3. The molecular weight excluding hydrogens is 589 g/mol. The number of ether oxygens (including phenoxy) is 1. The van der Waals surface area contributed by atoms with Crippen LogP contribution in [0.15, 0.2) is 54.7 Å². The summed E-state index contributed by atoms with van der Waals surface area (Å²) in [5.41, 5.74) is -0.510. The number of urea groups is 1. The molecule has 1 saturated carbocycles. The molecule has 1 aliphatic carbocycles. The summed E-state index contributed by atoms with van der Waals surface area (Å²) >= 11 is 0. The van der Waals surface area contributed by atoms with Crippen LogP contribution in [0.25, 0.3) is 0 Å². The average molecular weight is 625 g/mol. The minimum absolute atomic E-state index is 0.0539. The summed E-state index contributed by atoms with van der Waals surface area (Å²) in [7, 11) is 3.76. The fourth-order valence-electron chi connectivity index (χ4n) is 5.33. The van der Waals surface area contributed by atoms with E-state index < -0.39 is 34.5 Å². The van der Waals surface area contributed by atoms with Gasteiger partial charge in [-0.1, -0.05) is 0 Å². The SMILES string of the molecule is CN1CCC(N(C)C(=O)Nc2cc(Oc3cc(F)c(NC(=O)CC4(CC(=O)Nc5ccc(F)cc5)CC4)cc3F)ccn2)CC1. The molecule has 1 aliphatic heterocycles. The number of halogens is 3. The lowest BCUT2D eigenvalue weighted by Crippen LogP contribution is -2.46. The number of carbonyl (C=O) groups excluding carboxylic acids is 3. The van der Waals surface area contributed by atoms with Crippen molar-refractivity contribution in [1.82, 2.24) is 14.8 Å². The van der Waals surface area contributed by atoms with Crippen LogP contribution in [0.3, 0.4) is 0 Å². The molecule has 0 bridgehead atoms. The van der Waals surface area contributed by atoms with E-state index in [1.165, 1.54) is 42.6 Å². The first-order valence-corrected chi connectivity index (χ1v) is 14.7. The number of hydrogen-bond donors (Lipinski definition) is 3. The largest absolute Gasteiger partial charge is 0.454 e. The van der Waals surface area contributed by atoms with Crippen LogP contribution in [0.5, 0.6) is 11.5 Å². The van der Waals surface area contributed by atoms with Crippen LogP contribution in [0, 0.1) is 22.9 Å². The van der Waals surface area contributed by atoms with Crippen molar-refractivity contribution in [3.63, 3.8) is 0 Å². The number of hydrogen-bond acceptors (Lipinski definition) is 6. The van der Waals surface area contributed by atoms with Crippen LogP contribution in [0.4, 0.5) is 35.2 Å². The molecular formula is C32H35F3N6O4. The summed E-state index contributed by atoms with van der Waals surface area (Å²) in [6.07, 6.45) is 4.35. The highest BCUT2D eigenvalue weighted by atomic mass is 19.1. The second-order valence-electron chi connectivity index (χ2n) is 11.8. The predicted molar refractivity (Wildman–Crippen MR) is 163 cm³/mol. The van der Waals surface area contributed by atoms with Gasteiger partial charge < -0.3 is 25.2 Å². The lowest BCUT2D eigenvalue weighted by molar-refractivity contribution is -0.119. The summed E-state index contributed by atoms with van der Waals surface area (Å²) in [6, 6.07) is 9.56. The van der Waals surface area contributed by atoms with Gasteiger partial charge in [-0.25, -0.2) is 22.9 Å². The zero-order chi connectivity index (χ0) is 32.1. The first-order valence-electron chi connectivity index (χ1n) is 14.7. The Labute approximate surface area is 258 Å². The van der Waals surface area contributed by atoms with Gasteiger partial charge in [-0.05, 0) is 81.6 Å². The highest BCUT2D eigenvalue weighted by Gasteiger charge is 2.46. The van der Waals surface area contributed by atoms with Crippen molar-refractivity contribution in [2.45, 2.75) is 44.6 Å². The number of nitrogens with one attached hydrogen (secondary N) is 3. The molecule has 45 heavy (non-hydrogen) atoms. The van der Waals surface area contributed by atoms with Gasteiger partial charge in [-0.2, -0.15) is 0 Å². The molecule has 10 nitrogen and oxygen atoms in total. The van der Waals surface area contributed by atoms with Crippen molar-refractivity contribution in [3.05, 3.63) is 72.2 Å². The predicted octanol–water partition coefficient (Wildman–Crippen LogP) is 5.99. The van der Waals surface area contributed by atoms with Gasteiger partial charge in [-0.15, -0.1) is 0 Å². The van der Waals surface area contributed by atoms with Crippen LogP contribution in [0.1, 0.15) is 38.5 Å². The molecule has 2 heterocycles. The van der Waals surface area contributed by atoms with Gasteiger partial charge in [0.1, 0.15) is 17.4 Å². The molecule has 5 rings (SSSR count). The van der Waals surface area contributed by atoms with E-state index in [1.807, 2.05) is 7.05 Å². The third-order valence-corrected chi connectivity index (χ3v) is 8.20. The molecule has 2 fully saturated rings. The maximum atomic E-state index is 15.0. The molecule has 13 heteroatoms. The van der Waals surface area contributed by atoms with Crippen LogP contribution in [-0.2, 0) is 9.59 Å². The minimum Gasteiger partial charge on any atom is -0.454 e. The minimum atomic E-state index is -0.920. The van der Waals surface area contributed by atoms with Gasteiger partial charge in [0, 0.05) is 56.0 Å². The van der Waals surface area contributed by atoms with E-state index in [9.17, 15) is 27.6 Å². The molecule has 1 saturated heterocycles. The van der Waals surface area contributed by atoms with Crippen LogP contribution in [0.2, 0.25) is 0 Å². The second-order valence-corrected chi connectivity index (χ2v) is 11.8. The highest BCUT2D eigenvalue weighted by molar-refractivity contribution is 5.94. The normalized spacial score (nSPS) is 16.0. The molecule has 238 valence electrons. The quantitative estimate of drug-likeness (QED) is 0.255. The number of aromatic nitrogens is 1. The van der Waals surface area contributed by atoms with Crippen molar-refractivity contribution < 1.29 is 32.3 Å². The van der Waals surface area contributed by atoms with Crippen molar-refractivity contribution in [3.8, 4) is 11.5 Å². The number of amides is 4. The van der Waals surface area contributed by atoms with Crippen LogP contribution in [-0.4, -0.2) is 65.9 Å². The molecule has 2 aliphatic rings. The Kier molecular flexibility index (Phi) is 9.57. The Morgan fingerprint density at radius 3 is 2.27 bits per heavy atom. The monoisotopic (exact) mass is 624 g/mol. The molecule has 4 amide bonds. The first-order chi connectivity index (χ1) is 21.5. The lowest BCUT2D eigenvalue weighted by Gasteiger charge is -2.34. The molecule has 0 atom stereocenters. The summed E-state index contributed by atoms with van der Waals surface area (Å²) in [5.74, 6) is -3.27. The Hall–Kier alpha value is -4.65. The zero-order valence-corrected chi connectivity index (χ0v) is 25.0. The number of nitrogens with zero attached hydrogens (tertiary/aromatic N) is 3. The average Bonchev–Trinajstić information content (AvgIpc) is 3.75. The summed E-state index contributed by atoms with van der Waals surface area (Å²) in [5, 5.41) is 7.78. The number of rotatable bonds is 10. The molecule has 1 aromatic heterocycles. The van der Waals surface area contributed by atoms with Crippen molar-refractivity contribution in [2.24, 2.45) is 5.41 Å². The van der Waals surface area contributed by atoms with Gasteiger partial charge in [0.05, 0.1) is 5.69 Å². The fraction of sp³-hybridized carbons (Fsp3) is 0.375. The molecule has 3 N–H and O–H groups in total. The van der Waals surface area contributed by atoms with Crippen LogP contribution >= 0.6 is 0 Å². The van der Waals surface area contributed by atoms with E-state index in [4.69, 9.17) is 4.74 Å². The van der Waals surface area contributed by atoms with Gasteiger partial charge >= 0.3 is 6.03 Å². The summed E-state index contributed by atoms with van der Waals surface area (Å²) in [4.78, 5) is 45.9. The molecule has 0 spiro atoms. The third-order valence-electron chi connectivity index (χ3n) is 8.20. The van der Waals surface area contributed by atoms with Crippen molar-refractivity contribution in [2.75, 3.05) is 43.1 Å². The van der Waals surface area contributed by atoms with Gasteiger partial charge in [0.15, 0.2) is 17.4 Å². The Balaban J connectivity index is 1.15. The number of piperidine rings is 1. The smallest absolute Gasteiger partial charge is 0.323 e. The van der Waals surface area contributed by atoms with Gasteiger partial charge in [0.2, 0.25) is 11.8 Å². The summed E-state index contributed by atoms with van der Waals surface area (Å²) in [6.45, 7) is 1.79. The van der Waals surface area contributed by atoms with Crippen molar-refractivity contribution in [1.29, 1.82) is 0 Å². The van der Waals surface area contributed by atoms with Gasteiger partial charge in [-0.3, -0.25) is 14.9 Å². The summed E-state index contributed by atoms with van der Waals surface area (Å²) < 4.78 is 48.5. The fourth-order valence-corrected chi connectivity index (χ4v) is 5.33. The molecule has 0 unspecified atom stereocenters. The van der Waals surface area contributed by atoms with Gasteiger partial charge in [0.25, 0.3) is 0 Å². The molecule has 3 aromatic rings. The molecule has 2 aromatic carbocycles. The number of benzene rings is 2. The van der Waals surface area contributed by atoms with Crippen LogP contribution < -0.4 is 20.7 Å². The number of carbonyl (C=O) groups is 3. The second kappa shape index (κ2) is 13.6. The maximum Gasteiger partial charge on any atom is 0.323 e. The Morgan fingerprint density at radius 1 is 0.933 bits per heavy atom. The van der Waals surface area contributed by atoms with E-state index in [0.717, 1.165) is 38.1 Å². The number of likely N-dealkylation sites (tertiary alicyclic amines) is 1. The standard InChI is InChI=1S/C32H35F3N6O4/c1-40-13-8-22(9-14-40)41(2)31(44)39-28-15-23(7-12-36-28)45-27-17-24(34)26(16-25(27)35)38-30(43)19-32(10-11-32)18-29(42)37-21-5-3-20(33)4-6-21/h3-7,12,15-17,22H,8-11,13-14,18-19H2,1-2H3,(H,37,42)(H,38,43)(H,36,39,44). The first kappa shape index (κ1) is 31.8. The zero-order valence-electron chi connectivity index (χ0n) is 25.0. The third kappa shape index (κ3) is 8.50. The Morgan fingerprint density at radius 2 is 1.60 bits per heavy atom. The van der Waals surface area contributed by atoms with E-state index in [-0.39, 0.29) is 48.1 Å². The maximum absolute atomic E-state index is 15.0. The Bertz CT molecular complexity index is 1560. The van der Waals surface area contributed by atoms with E-state index in [2.05, 4.69) is 25.8 Å². The lowest BCUT2D eigenvalue weighted by atomic mass is 9.97. The highest BCUT2D eigenvalue weighted by Crippen LogP contribution is 2.52. The van der Waals surface area contributed by atoms with Crippen molar-refractivity contribution >= 4 is 35.0 Å². The van der Waals surface area contributed by atoms with E-state index in [0.29, 0.717) is 18.5 Å². The topological polar surface area (TPSA) is 116 Å². The number of pyridine rings is 1. The molecule has 0 radical (unpaired) electrons. The van der Waals surface area contributed by atoms with E-state index in [1.54, 1.807) is 11.9 Å². The van der Waals surface area contributed by atoms with E-state index >= 15 is 0 Å².